The molecule has 0 atom stereocenters. The van der Waals surface area contributed by atoms with Gasteiger partial charge in [0.25, 0.3) is 0 Å². The van der Waals surface area contributed by atoms with Gasteiger partial charge in [0.1, 0.15) is 5.82 Å². The molecule has 0 bridgehead atoms. The van der Waals surface area contributed by atoms with Crippen LogP contribution in [-0.2, 0) is 0 Å². The SMILES string of the molecule is Cc1cc(Nc2ccc(C#N)cc2)nc(N2CCN(c3ccccc3)CC2)n1. The van der Waals surface area contributed by atoms with Crippen LogP contribution in [0, 0.1) is 18.3 Å². The maximum absolute atomic E-state index is 8.93. The Hall–Kier alpha value is -3.59. The van der Waals surface area contributed by atoms with Crippen LogP contribution < -0.4 is 15.1 Å². The van der Waals surface area contributed by atoms with Crippen molar-refractivity contribution in [3.8, 4) is 6.07 Å². The van der Waals surface area contributed by atoms with Crippen LogP contribution in [0.3, 0.4) is 0 Å². The first-order valence-corrected chi connectivity index (χ1v) is 9.39. The molecule has 1 saturated heterocycles. The highest BCUT2D eigenvalue weighted by molar-refractivity contribution is 5.59. The normalized spacial score (nSPS) is 13.9. The van der Waals surface area contributed by atoms with Gasteiger partial charge in [-0.3, -0.25) is 0 Å². The molecule has 1 aliphatic rings. The van der Waals surface area contributed by atoms with Gasteiger partial charge in [0.2, 0.25) is 5.95 Å². The molecule has 0 radical (unpaired) electrons. The lowest BCUT2D eigenvalue weighted by Crippen LogP contribution is -2.47. The predicted molar refractivity (Wildman–Crippen MR) is 112 cm³/mol. The second-order valence-electron chi connectivity index (χ2n) is 6.82. The lowest BCUT2D eigenvalue weighted by atomic mass is 10.2. The molecule has 6 heteroatoms. The fraction of sp³-hybridized carbons (Fsp3) is 0.227. The summed E-state index contributed by atoms with van der Waals surface area (Å²) in [7, 11) is 0. The summed E-state index contributed by atoms with van der Waals surface area (Å²) in [4.78, 5) is 14.0. The van der Waals surface area contributed by atoms with E-state index >= 15 is 0 Å². The van der Waals surface area contributed by atoms with Crippen molar-refractivity contribution in [3.05, 3.63) is 71.9 Å². The van der Waals surface area contributed by atoms with Gasteiger partial charge in [-0.05, 0) is 43.3 Å². The molecule has 3 aromatic rings. The Balaban J connectivity index is 1.46. The van der Waals surface area contributed by atoms with Gasteiger partial charge < -0.3 is 15.1 Å². The lowest BCUT2D eigenvalue weighted by molar-refractivity contribution is 0.639. The van der Waals surface area contributed by atoms with E-state index in [1.54, 1.807) is 12.1 Å². The van der Waals surface area contributed by atoms with Crippen molar-refractivity contribution in [2.45, 2.75) is 6.92 Å². The molecule has 1 N–H and O–H groups in total. The largest absolute Gasteiger partial charge is 0.368 e. The highest BCUT2D eigenvalue weighted by Gasteiger charge is 2.20. The number of nitrogens with zero attached hydrogens (tertiary/aromatic N) is 5. The van der Waals surface area contributed by atoms with Crippen molar-refractivity contribution in [2.24, 2.45) is 0 Å². The van der Waals surface area contributed by atoms with Crippen molar-refractivity contribution in [2.75, 3.05) is 41.3 Å². The van der Waals surface area contributed by atoms with Gasteiger partial charge in [-0.15, -0.1) is 0 Å². The van der Waals surface area contributed by atoms with Crippen molar-refractivity contribution in [1.82, 2.24) is 9.97 Å². The minimum atomic E-state index is 0.640. The maximum Gasteiger partial charge on any atom is 0.227 e. The molecule has 2 heterocycles. The van der Waals surface area contributed by atoms with E-state index in [0.29, 0.717) is 5.56 Å². The Morgan fingerprint density at radius 1 is 0.893 bits per heavy atom. The van der Waals surface area contributed by atoms with Gasteiger partial charge in [0.05, 0.1) is 11.6 Å². The van der Waals surface area contributed by atoms with Crippen LogP contribution in [0.4, 0.5) is 23.1 Å². The Labute approximate surface area is 165 Å². The van der Waals surface area contributed by atoms with Crippen molar-refractivity contribution < 1.29 is 0 Å². The van der Waals surface area contributed by atoms with Crippen molar-refractivity contribution >= 4 is 23.1 Å². The molecule has 6 nitrogen and oxygen atoms in total. The van der Waals surface area contributed by atoms with Crippen LogP contribution in [0.2, 0.25) is 0 Å². The smallest absolute Gasteiger partial charge is 0.227 e. The standard InChI is InChI=1S/C22H22N6/c1-17-15-21(25-19-9-7-18(16-23)8-10-19)26-22(24-17)28-13-11-27(12-14-28)20-5-3-2-4-6-20/h2-10,15H,11-14H2,1H3,(H,24,25,26). The molecule has 1 aromatic heterocycles. The zero-order valence-electron chi connectivity index (χ0n) is 15.8. The van der Waals surface area contributed by atoms with E-state index in [1.807, 2.05) is 31.2 Å². The maximum atomic E-state index is 8.93. The first-order valence-electron chi connectivity index (χ1n) is 9.39. The van der Waals surface area contributed by atoms with E-state index < -0.39 is 0 Å². The molecule has 0 amide bonds. The van der Waals surface area contributed by atoms with Crippen molar-refractivity contribution in [1.29, 1.82) is 5.26 Å². The van der Waals surface area contributed by atoms with Crippen LogP contribution in [0.1, 0.15) is 11.3 Å². The van der Waals surface area contributed by atoms with E-state index in [9.17, 15) is 0 Å². The van der Waals surface area contributed by atoms with E-state index in [0.717, 1.165) is 49.3 Å². The molecular formula is C22H22N6. The summed E-state index contributed by atoms with van der Waals surface area (Å²) in [5.74, 6) is 1.52. The molecule has 140 valence electrons. The topological polar surface area (TPSA) is 68.1 Å². The van der Waals surface area contributed by atoms with Crippen LogP contribution in [-0.4, -0.2) is 36.1 Å². The minimum Gasteiger partial charge on any atom is -0.368 e. The second kappa shape index (κ2) is 7.97. The molecular weight excluding hydrogens is 348 g/mol. The number of rotatable bonds is 4. The number of aryl methyl sites for hydroxylation is 1. The summed E-state index contributed by atoms with van der Waals surface area (Å²) in [5.41, 5.74) is 3.72. The fourth-order valence-electron chi connectivity index (χ4n) is 3.34. The number of nitrogens with one attached hydrogen (secondary N) is 1. The monoisotopic (exact) mass is 370 g/mol. The zero-order valence-corrected chi connectivity index (χ0v) is 15.8. The summed E-state index contributed by atoms with van der Waals surface area (Å²) in [6.45, 7) is 5.64. The molecule has 0 unspecified atom stereocenters. The van der Waals surface area contributed by atoms with Crippen molar-refractivity contribution in [3.63, 3.8) is 0 Å². The number of aromatic nitrogens is 2. The number of nitriles is 1. The summed E-state index contributed by atoms with van der Waals surface area (Å²) >= 11 is 0. The Morgan fingerprint density at radius 2 is 1.57 bits per heavy atom. The Kier molecular flexibility index (Phi) is 5.07. The first kappa shape index (κ1) is 17.8. The third-order valence-corrected chi connectivity index (χ3v) is 4.81. The van der Waals surface area contributed by atoms with Gasteiger partial charge in [-0.1, -0.05) is 18.2 Å². The number of hydrogen-bond donors (Lipinski definition) is 1. The Bertz CT molecular complexity index is 970. The highest BCUT2D eigenvalue weighted by atomic mass is 15.3. The molecule has 1 aliphatic heterocycles. The van der Waals surface area contributed by atoms with Gasteiger partial charge in [0.15, 0.2) is 0 Å². The third kappa shape index (κ3) is 4.04. The van der Waals surface area contributed by atoms with E-state index in [2.05, 4.69) is 50.4 Å². The summed E-state index contributed by atoms with van der Waals surface area (Å²) in [6, 6.07) is 21.9. The second-order valence-corrected chi connectivity index (χ2v) is 6.82. The number of benzene rings is 2. The lowest BCUT2D eigenvalue weighted by Gasteiger charge is -2.36. The quantitative estimate of drug-likeness (QED) is 0.755. The summed E-state index contributed by atoms with van der Waals surface area (Å²) < 4.78 is 0. The minimum absolute atomic E-state index is 0.640. The third-order valence-electron chi connectivity index (χ3n) is 4.81. The predicted octanol–water partition coefficient (Wildman–Crippen LogP) is 3.73. The number of hydrogen-bond acceptors (Lipinski definition) is 6. The van der Waals surface area contributed by atoms with Crippen LogP contribution >= 0.6 is 0 Å². The molecule has 0 spiro atoms. The van der Waals surface area contributed by atoms with E-state index in [-0.39, 0.29) is 0 Å². The molecule has 0 aliphatic carbocycles. The molecule has 2 aromatic carbocycles. The molecule has 28 heavy (non-hydrogen) atoms. The van der Waals surface area contributed by atoms with Gasteiger partial charge in [-0.25, -0.2) is 4.98 Å². The number of anilines is 4. The molecule has 1 fully saturated rings. The molecule has 0 saturated carbocycles. The van der Waals surface area contributed by atoms with Crippen LogP contribution in [0.25, 0.3) is 0 Å². The van der Waals surface area contributed by atoms with Gasteiger partial charge in [0, 0.05) is 49.3 Å². The zero-order chi connectivity index (χ0) is 19.3. The highest BCUT2D eigenvalue weighted by Crippen LogP contribution is 2.21. The Morgan fingerprint density at radius 3 is 2.25 bits per heavy atom. The first-order chi connectivity index (χ1) is 13.7. The fourth-order valence-corrected chi connectivity index (χ4v) is 3.34. The van der Waals surface area contributed by atoms with Gasteiger partial charge >= 0.3 is 0 Å². The average molecular weight is 370 g/mol. The van der Waals surface area contributed by atoms with E-state index in [4.69, 9.17) is 10.2 Å². The summed E-state index contributed by atoms with van der Waals surface area (Å²) in [5, 5.41) is 12.2. The number of piperazine rings is 1. The number of para-hydroxylation sites is 1. The average Bonchev–Trinajstić information content (AvgIpc) is 2.75. The van der Waals surface area contributed by atoms with Crippen LogP contribution in [0.5, 0.6) is 0 Å². The van der Waals surface area contributed by atoms with E-state index in [1.165, 1.54) is 5.69 Å². The van der Waals surface area contributed by atoms with Gasteiger partial charge in [-0.2, -0.15) is 10.2 Å². The summed E-state index contributed by atoms with van der Waals surface area (Å²) in [6.07, 6.45) is 0. The van der Waals surface area contributed by atoms with Crippen LogP contribution in [0.15, 0.2) is 60.7 Å². The molecule has 4 rings (SSSR count).